The van der Waals surface area contributed by atoms with Gasteiger partial charge >= 0.3 is 5.97 Å². The van der Waals surface area contributed by atoms with E-state index in [1.807, 2.05) is 36.6 Å². The van der Waals surface area contributed by atoms with Crippen molar-refractivity contribution in [1.29, 1.82) is 0 Å². The van der Waals surface area contributed by atoms with E-state index in [0.717, 1.165) is 23.3 Å². The summed E-state index contributed by atoms with van der Waals surface area (Å²) in [6, 6.07) is 6.97. The number of benzene rings is 1. The van der Waals surface area contributed by atoms with Gasteiger partial charge in [0.25, 0.3) is 5.56 Å². The maximum atomic E-state index is 13.1. The molecule has 0 bridgehead atoms. The lowest BCUT2D eigenvalue weighted by molar-refractivity contribution is -0.144. The molecule has 0 saturated heterocycles. The summed E-state index contributed by atoms with van der Waals surface area (Å²) in [5, 5.41) is 2.44. The molecule has 0 aliphatic rings. The molecule has 27 heavy (non-hydrogen) atoms. The molecule has 0 N–H and O–H groups in total. The molecular formula is C20H22N2O4S. The summed E-state index contributed by atoms with van der Waals surface area (Å²) in [6.45, 7) is 4.56. The summed E-state index contributed by atoms with van der Waals surface area (Å²) in [5.41, 5.74) is 1.48. The predicted octanol–water partition coefficient (Wildman–Crippen LogP) is 4.04. The molecule has 7 heteroatoms. The molecule has 0 aliphatic carbocycles. The Balaban J connectivity index is 2.06. The van der Waals surface area contributed by atoms with Crippen molar-refractivity contribution in [3.05, 3.63) is 46.3 Å². The number of carbonyl (C=O) groups excluding carboxylic acids is 1. The second-order valence-electron chi connectivity index (χ2n) is 6.11. The Morgan fingerprint density at radius 2 is 2.00 bits per heavy atom. The Morgan fingerprint density at radius 1 is 1.26 bits per heavy atom. The summed E-state index contributed by atoms with van der Waals surface area (Å²) in [5.74, 6) is 0.349. The van der Waals surface area contributed by atoms with Gasteiger partial charge in [-0.15, -0.1) is 11.3 Å². The molecule has 3 aromatic rings. The molecule has 0 saturated carbocycles. The fraction of sp³-hybridized carbons (Fsp3) is 0.350. The number of ether oxygens (including phenoxy) is 2. The molecule has 0 amide bonds. The van der Waals surface area contributed by atoms with Crippen molar-refractivity contribution in [1.82, 2.24) is 9.55 Å². The molecule has 1 atom stereocenters. The summed E-state index contributed by atoms with van der Waals surface area (Å²) < 4.78 is 11.8. The molecule has 0 spiro atoms. The summed E-state index contributed by atoms with van der Waals surface area (Å²) in [7, 11) is 1.32. The van der Waals surface area contributed by atoms with Gasteiger partial charge in [-0.3, -0.25) is 9.36 Å². The van der Waals surface area contributed by atoms with Gasteiger partial charge in [0.2, 0.25) is 0 Å². The largest absolute Gasteiger partial charge is 0.494 e. The number of nitrogens with zero attached hydrogens (tertiary/aromatic N) is 2. The van der Waals surface area contributed by atoms with Gasteiger partial charge in [-0.1, -0.05) is 26.0 Å². The average molecular weight is 386 g/mol. The molecule has 0 radical (unpaired) electrons. The van der Waals surface area contributed by atoms with E-state index < -0.39 is 12.0 Å². The van der Waals surface area contributed by atoms with Crippen LogP contribution in [0.5, 0.6) is 5.75 Å². The van der Waals surface area contributed by atoms with Gasteiger partial charge in [0.1, 0.15) is 16.6 Å². The monoisotopic (exact) mass is 386 g/mol. The predicted molar refractivity (Wildman–Crippen MR) is 106 cm³/mol. The summed E-state index contributed by atoms with van der Waals surface area (Å²) >= 11 is 1.41. The number of aromatic nitrogens is 2. The normalized spacial score (nSPS) is 12.1. The Bertz CT molecular complexity index is 991. The second-order valence-corrected chi connectivity index (χ2v) is 6.96. The van der Waals surface area contributed by atoms with E-state index in [0.29, 0.717) is 23.2 Å². The summed E-state index contributed by atoms with van der Waals surface area (Å²) in [4.78, 5) is 30.2. The molecule has 1 aromatic carbocycles. The van der Waals surface area contributed by atoms with Crippen LogP contribution in [0.15, 0.2) is 40.8 Å². The number of hydrogen-bond donors (Lipinski definition) is 0. The number of methoxy groups -OCH3 is 1. The molecule has 3 rings (SSSR count). The lowest BCUT2D eigenvalue weighted by Crippen LogP contribution is -2.30. The van der Waals surface area contributed by atoms with Gasteiger partial charge in [0.05, 0.1) is 25.4 Å². The zero-order valence-electron chi connectivity index (χ0n) is 15.6. The average Bonchev–Trinajstić information content (AvgIpc) is 3.13. The van der Waals surface area contributed by atoms with Crippen LogP contribution in [0.2, 0.25) is 0 Å². The van der Waals surface area contributed by atoms with Crippen molar-refractivity contribution in [2.24, 2.45) is 0 Å². The van der Waals surface area contributed by atoms with Crippen molar-refractivity contribution >= 4 is 27.5 Å². The quantitative estimate of drug-likeness (QED) is 0.573. The van der Waals surface area contributed by atoms with Gasteiger partial charge in [-0.2, -0.15) is 0 Å². The van der Waals surface area contributed by atoms with Crippen LogP contribution in [0.1, 0.15) is 32.7 Å². The lowest BCUT2D eigenvalue weighted by atomic mass is 10.1. The zero-order valence-corrected chi connectivity index (χ0v) is 16.4. The van der Waals surface area contributed by atoms with Crippen molar-refractivity contribution < 1.29 is 14.3 Å². The van der Waals surface area contributed by atoms with E-state index >= 15 is 0 Å². The number of carbonyl (C=O) groups is 1. The number of esters is 1. The summed E-state index contributed by atoms with van der Waals surface area (Å²) in [6.07, 6.45) is 2.82. The lowest BCUT2D eigenvalue weighted by Gasteiger charge is -2.15. The Hall–Kier alpha value is -2.67. The van der Waals surface area contributed by atoms with E-state index in [4.69, 9.17) is 9.47 Å². The topological polar surface area (TPSA) is 70.4 Å². The van der Waals surface area contributed by atoms with Crippen molar-refractivity contribution in [3.63, 3.8) is 0 Å². The number of hydrogen-bond acceptors (Lipinski definition) is 6. The standard InChI is InChI=1S/C20H22N2O4S/c1-4-10-26-14-8-6-13(7-9-14)15-11-27-18-17(15)19(23)22(12-21-18)16(5-2)20(24)25-3/h6-9,11-12,16H,4-5,10H2,1-3H3/t16-/m0/s1. The van der Waals surface area contributed by atoms with Crippen LogP contribution in [0.3, 0.4) is 0 Å². The third-order valence-electron chi connectivity index (χ3n) is 4.35. The molecule has 0 aliphatic heterocycles. The molecule has 142 valence electrons. The van der Waals surface area contributed by atoms with Crippen LogP contribution in [-0.4, -0.2) is 29.2 Å². The van der Waals surface area contributed by atoms with Gasteiger partial charge in [0, 0.05) is 10.9 Å². The highest BCUT2D eigenvalue weighted by Gasteiger charge is 2.23. The minimum Gasteiger partial charge on any atom is -0.494 e. The molecule has 0 fully saturated rings. The first-order valence-corrected chi connectivity index (χ1v) is 9.78. The minimum absolute atomic E-state index is 0.236. The third kappa shape index (κ3) is 3.73. The van der Waals surface area contributed by atoms with Gasteiger partial charge in [-0.25, -0.2) is 9.78 Å². The second kappa shape index (κ2) is 8.35. The van der Waals surface area contributed by atoms with E-state index in [1.54, 1.807) is 0 Å². The van der Waals surface area contributed by atoms with Gasteiger partial charge in [0.15, 0.2) is 0 Å². The van der Waals surface area contributed by atoms with E-state index in [1.165, 1.54) is 29.3 Å². The van der Waals surface area contributed by atoms with E-state index in [9.17, 15) is 9.59 Å². The maximum Gasteiger partial charge on any atom is 0.329 e. The van der Waals surface area contributed by atoms with Crippen molar-refractivity contribution in [2.75, 3.05) is 13.7 Å². The Kier molecular flexibility index (Phi) is 5.91. The minimum atomic E-state index is -0.683. The molecular weight excluding hydrogens is 364 g/mol. The van der Waals surface area contributed by atoms with E-state index in [-0.39, 0.29) is 5.56 Å². The SMILES string of the molecule is CCCOc1ccc(-c2csc3ncn([C@@H](CC)C(=O)OC)c(=O)c23)cc1. The number of rotatable bonds is 7. The molecule has 6 nitrogen and oxygen atoms in total. The van der Waals surface area contributed by atoms with E-state index in [2.05, 4.69) is 11.9 Å². The van der Waals surface area contributed by atoms with Crippen LogP contribution in [0.4, 0.5) is 0 Å². The fourth-order valence-electron chi connectivity index (χ4n) is 2.94. The maximum absolute atomic E-state index is 13.1. The number of fused-ring (bicyclic) bond motifs is 1. The fourth-order valence-corrected chi connectivity index (χ4v) is 3.85. The van der Waals surface area contributed by atoms with Crippen LogP contribution in [0.25, 0.3) is 21.3 Å². The van der Waals surface area contributed by atoms with Crippen LogP contribution in [-0.2, 0) is 9.53 Å². The van der Waals surface area contributed by atoms with Crippen LogP contribution < -0.4 is 10.3 Å². The first-order chi connectivity index (χ1) is 13.1. The first-order valence-electron chi connectivity index (χ1n) is 8.90. The molecule has 0 unspecified atom stereocenters. The Labute approximate surface area is 161 Å². The molecule has 2 heterocycles. The highest BCUT2D eigenvalue weighted by atomic mass is 32.1. The first kappa shape index (κ1) is 19.1. The van der Waals surface area contributed by atoms with Crippen LogP contribution >= 0.6 is 11.3 Å². The van der Waals surface area contributed by atoms with Gasteiger partial charge in [-0.05, 0) is 30.5 Å². The van der Waals surface area contributed by atoms with Crippen LogP contribution in [0, 0.1) is 0 Å². The highest BCUT2D eigenvalue weighted by Crippen LogP contribution is 2.32. The van der Waals surface area contributed by atoms with Crippen molar-refractivity contribution in [3.8, 4) is 16.9 Å². The highest BCUT2D eigenvalue weighted by molar-refractivity contribution is 7.17. The van der Waals surface area contributed by atoms with Crippen molar-refractivity contribution in [2.45, 2.75) is 32.7 Å². The zero-order chi connectivity index (χ0) is 19.4. The Morgan fingerprint density at radius 3 is 2.63 bits per heavy atom. The third-order valence-corrected chi connectivity index (χ3v) is 5.24. The smallest absolute Gasteiger partial charge is 0.329 e. The number of thiophene rings is 1. The van der Waals surface area contributed by atoms with Gasteiger partial charge < -0.3 is 9.47 Å². The molecule has 2 aromatic heterocycles.